The van der Waals surface area contributed by atoms with Crippen LogP contribution in [0.4, 0.5) is 8.78 Å². The van der Waals surface area contributed by atoms with Crippen molar-refractivity contribution in [2.45, 2.75) is 51.4 Å². The molecule has 0 saturated heterocycles. The second kappa shape index (κ2) is 8.69. The van der Waals surface area contributed by atoms with Crippen molar-refractivity contribution in [2.75, 3.05) is 0 Å². The molecule has 1 aliphatic carbocycles. The molecule has 0 spiro atoms. The van der Waals surface area contributed by atoms with Gasteiger partial charge >= 0.3 is 0 Å². The largest absolute Gasteiger partial charge is 0.206 e. The Balaban J connectivity index is 1.64. The van der Waals surface area contributed by atoms with E-state index in [9.17, 15) is 8.78 Å². The summed E-state index contributed by atoms with van der Waals surface area (Å²) in [5.41, 5.74) is 1.91. The SMILES string of the molecule is CCCc1cc(F)c(C#CC2CCC(c3ccc(Cl)cc3)CC2)c(F)c1. The Kier molecular flexibility index (Phi) is 6.33. The molecule has 0 atom stereocenters. The van der Waals surface area contributed by atoms with Gasteiger partial charge in [-0.15, -0.1) is 0 Å². The summed E-state index contributed by atoms with van der Waals surface area (Å²) in [5.74, 6) is 5.50. The van der Waals surface area contributed by atoms with Crippen LogP contribution in [0.3, 0.4) is 0 Å². The average molecular weight is 373 g/mol. The van der Waals surface area contributed by atoms with Crippen LogP contribution in [-0.2, 0) is 6.42 Å². The van der Waals surface area contributed by atoms with E-state index in [1.54, 1.807) is 0 Å². The highest BCUT2D eigenvalue weighted by molar-refractivity contribution is 6.30. The van der Waals surface area contributed by atoms with Gasteiger partial charge in [0.05, 0.1) is 5.56 Å². The van der Waals surface area contributed by atoms with Gasteiger partial charge in [0.1, 0.15) is 11.6 Å². The number of rotatable bonds is 3. The van der Waals surface area contributed by atoms with Crippen molar-refractivity contribution >= 4 is 11.6 Å². The Labute approximate surface area is 159 Å². The van der Waals surface area contributed by atoms with Gasteiger partial charge in [-0.25, -0.2) is 8.78 Å². The minimum absolute atomic E-state index is 0.0929. The Morgan fingerprint density at radius 3 is 2.19 bits per heavy atom. The Hall–Kier alpha value is -1.85. The number of hydrogen-bond acceptors (Lipinski definition) is 0. The monoisotopic (exact) mass is 372 g/mol. The highest BCUT2D eigenvalue weighted by atomic mass is 35.5. The Morgan fingerprint density at radius 2 is 1.62 bits per heavy atom. The van der Waals surface area contributed by atoms with Crippen LogP contribution in [0.25, 0.3) is 0 Å². The van der Waals surface area contributed by atoms with Crippen LogP contribution in [0.1, 0.15) is 61.6 Å². The second-order valence-electron chi connectivity index (χ2n) is 7.05. The molecule has 0 nitrogen and oxygen atoms in total. The molecule has 136 valence electrons. The van der Waals surface area contributed by atoms with E-state index < -0.39 is 11.6 Å². The number of benzene rings is 2. The first-order valence-corrected chi connectivity index (χ1v) is 9.69. The van der Waals surface area contributed by atoms with Gasteiger partial charge in [0.2, 0.25) is 0 Å². The van der Waals surface area contributed by atoms with Crippen molar-refractivity contribution in [2.24, 2.45) is 5.92 Å². The fourth-order valence-corrected chi connectivity index (χ4v) is 3.78. The normalized spacial score (nSPS) is 19.7. The molecular weight excluding hydrogens is 350 g/mol. The summed E-state index contributed by atoms with van der Waals surface area (Å²) in [6, 6.07) is 10.8. The lowest BCUT2D eigenvalue weighted by molar-refractivity contribution is 0.384. The molecule has 3 rings (SSSR count). The zero-order valence-corrected chi connectivity index (χ0v) is 15.8. The zero-order valence-electron chi connectivity index (χ0n) is 15.0. The molecule has 1 aliphatic rings. The smallest absolute Gasteiger partial charge is 0.142 e. The average Bonchev–Trinajstić information content (AvgIpc) is 2.62. The predicted octanol–water partition coefficient (Wildman–Crippen LogP) is 6.90. The van der Waals surface area contributed by atoms with Crippen molar-refractivity contribution in [1.82, 2.24) is 0 Å². The maximum Gasteiger partial charge on any atom is 0.142 e. The summed E-state index contributed by atoms with van der Waals surface area (Å²) in [6.45, 7) is 1.99. The maximum atomic E-state index is 14.2. The quantitative estimate of drug-likeness (QED) is 0.514. The van der Waals surface area contributed by atoms with E-state index in [-0.39, 0.29) is 11.5 Å². The van der Waals surface area contributed by atoms with Crippen molar-refractivity contribution in [3.05, 3.63) is 69.7 Å². The third-order valence-electron chi connectivity index (χ3n) is 5.11. The molecule has 2 aromatic rings. The van der Waals surface area contributed by atoms with Gasteiger partial charge in [0.15, 0.2) is 0 Å². The van der Waals surface area contributed by atoms with Crippen LogP contribution in [0.2, 0.25) is 5.02 Å². The van der Waals surface area contributed by atoms with Crippen LogP contribution < -0.4 is 0 Å². The first-order valence-electron chi connectivity index (χ1n) is 9.31. The zero-order chi connectivity index (χ0) is 18.5. The summed E-state index contributed by atoms with van der Waals surface area (Å²) in [4.78, 5) is 0. The highest BCUT2D eigenvalue weighted by Crippen LogP contribution is 2.35. The number of hydrogen-bond donors (Lipinski definition) is 0. The van der Waals surface area contributed by atoms with Gasteiger partial charge in [0, 0.05) is 10.9 Å². The van der Waals surface area contributed by atoms with E-state index in [0.717, 1.165) is 37.1 Å². The summed E-state index contributed by atoms with van der Waals surface area (Å²) in [5, 5.41) is 0.752. The Bertz CT molecular complexity index is 783. The molecule has 2 aromatic carbocycles. The van der Waals surface area contributed by atoms with Gasteiger partial charge in [-0.2, -0.15) is 0 Å². The molecule has 1 fully saturated rings. The van der Waals surface area contributed by atoms with E-state index in [4.69, 9.17) is 11.6 Å². The minimum Gasteiger partial charge on any atom is -0.206 e. The lowest BCUT2D eigenvalue weighted by Crippen LogP contribution is -2.12. The summed E-state index contributed by atoms with van der Waals surface area (Å²) >= 11 is 5.95. The molecule has 0 aliphatic heterocycles. The molecule has 0 aromatic heterocycles. The van der Waals surface area contributed by atoms with Crippen molar-refractivity contribution in [1.29, 1.82) is 0 Å². The number of aryl methyl sites for hydroxylation is 1. The third-order valence-corrected chi connectivity index (χ3v) is 5.36. The number of halogens is 3. The van der Waals surface area contributed by atoms with Crippen molar-refractivity contribution in [3.63, 3.8) is 0 Å². The topological polar surface area (TPSA) is 0 Å². The lowest BCUT2D eigenvalue weighted by Gasteiger charge is -2.26. The molecular formula is C23H23ClF2. The Morgan fingerprint density at radius 1 is 1.00 bits per heavy atom. The fraction of sp³-hybridized carbons (Fsp3) is 0.391. The van der Waals surface area contributed by atoms with Gasteiger partial charge < -0.3 is 0 Å². The van der Waals surface area contributed by atoms with Gasteiger partial charge in [-0.05, 0) is 73.4 Å². The van der Waals surface area contributed by atoms with Crippen LogP contribution in [0.15, 0.2) is 36.4 Å². The molecule has 0 heterocycles. The maximum absolute atomic E-state index is 14.2. The van der Waals surface area contributed by atoms with E-state index in [1.165, 1.54) is 17.7 Å². The predicted molar refractivity (Wildman–Crippen MR) is 103 cm³/mol. The summed E-state index contributed by atoms with van der Waals surface area (Å²) < 4.78 is 28.3. The van der Waals surface area contributed by atoms with Crippen LogP contribution in [-0.4, -0.2) is 0 Å². The van der Waals surface area contributed by atoms with Crippen molar-refractivity contribution < 1.29 is 8.78 Å². The second-order valence-corrected chi connectivity index (χ2v) is 7.49. The van der Waals surface area contributed by atoms with Crippen LogP contribution in [0.5, 0.6) is 0 Å². The summed E-state index contributed by atoms with van der Waals surface area (Å²) in [7, 11) is 0. The molecule has 0 radical (unpaired) electrons. The van der Waals surface area contributed by atoms with E-state index in [0.29, 0.717) is 17.9 Å². The van der Waals surface area contributed by atoms with Gasteiger partial charge in [0.25, 0.3) is 0 Å². The van der Waals surface area contributed by atoms with Crippen LogP contribution in [0, 0.1) is 29.4 Å². The minimum atomic E-state index is -0.546. The van der Waals surface area contributed by atoms with Crippen molar-refractivity contribution in [3.8, 4) is 11.8 Å². The molecule has 0 N–H and O–H groups in total. The van der Waals surface area contributed by atoms with E-state index in [1.807, 2.05) is 19.1 Å². The molecule has 1 saturated carbocycles. The fourth-order valence-electron chi connectivity index (χ4n) is 3.66. The third kappa shape index (κ3) is 4.65. The first-order chi connectivity index (χ1) is 12.6. The standard InChI is InChI=1S/C23H23ClF2/c1-2-3-17-14-22(25)21(23(26)15-17)13-6-16-4-7-18(8-5-16)19-9-11-20(24)12-10-19/h9-12,14-16,18H,2-5,7-8H2,1H3. The van der Waals surface area contributed by atoms with Gasteiger partial charge in [-0.3, -0.25) is 0 Å². The van der Waals surface area contributed by atoms with E-state index >= 15 is 0 Å². The molecule has 26 heavy (non-hydrogen) atoms. The first kappa shape index (κ1) is 18.9. The summed E-state index contributed by atoms with van der Waals surface area (Å²) in [6.07, 6.45) is 5.54. The molecule has 3 heteroatoms. The van der Waals surface area contributed by atoms with Crippen LogP contribution >= 0.6 is 11.6 Å². The highest BCUT2D eigenvalue weighted by Gasteiger charge is 2.21. The molecule has 0 unspecified atom stereocenters. The molecule has 0 amide bonds. The molecule has 0 bridgehead atoms. The van der Waals surface area contributed by atoms with E-state index in [2.05, 4.69) is 24.0 Å². The van der Waals surface area contributed by atoms with Gasteiger partial charge in [-0.1, -0.05) is 48.9 Å². The lowest BCUT2D eigenvalue weighted by atomic mass is 9.79.